The van der Waals surface area contributed by atoms with Crippen molar-refractivity contribution in [2.24, 2.45) is 0 Å². The van der Waals surface area contributed by atoms with E-state index in [9.17, 15) is 9.59 Å². The molecule has 0 saturated carbocycles. The molecule has 2 N–H and O–H groups in total. The Morgan fingerprint density at radius 3 is 2.44 bits per heavy atom. The average Bonchev–Trinajstić information content (AvgIpc) is 3.04. The predicted octanol–water partition coefficient (Wildman–Crippen LogP) is 3.44. The van der Waals surface area contributed by atoms with Gasteiger partial charge in [-0.3, -0.25) is 9.59 Å². The van der Waals surface area contributed by atoms with Crippen molar-refractivity contribution in [3.63, 3.8) is 0 Å². The molecule has 5 heteroatoms. The molecule has 5 nitrogen and oxygen atoms in total. The van der Waals surface area contributed by atoms with E-state index in [4.69, 9.17) is 0 Å². The monoisotopic (exact) mass is 367 g/mol. The summed E-state index contributed by atoms with van der Waals surface area (Å²) in [6.07, 6.45) is 1.66. The number of nitrogens with zero attached hydrogens (tertiary/aromatic N) is 1. The minimum absolute atomic E-state index is 0.00617. The second-order valence-corrected chi connectivity index (χ2v) is 7.20. The third kappa shape index (κ3) is 3.69. The van der Waals surface area contributed by atoms with E-state index >= 15 is 0 Å². The molecule has 3 rings (SSSR count). The zero-order valence-corrected chi connectivity index (χ0v) is 16.7. The molecule has 1 aliphatic rings. The molecule has 1 aliphatic heterocycles. The third-order valence-corrected chi connectivity index (χ3v) is 5.49. The minimum Gasteiger partial charge on any atom is -0.354 e. The van der Waals surface area contributed by atoms with Gasteiger partial charge >= 0.3 is 0 Å². The lowest BCUT2D eigenvalue weighted by atomic mass is 9.99. The number of piperazine rings is 1. The molecule has 1 atom stereocenters. The summed E-state index contributed by atoms with van der Waals surface area (Å²) in [4.78, 5) is 30.6. The number of H-pyrrole nitrogens is 1. The van der Waals surface area contributed by atoms with Crippen LogP contribution in [-0.2, 0) is 12.8 Å². The molecule has 2 aromatic rings. The Labute approximate surface area is 161 Å². The van der Waals surface area contributed by atoms with Crippen molar-refractivity contribution in [2.75, 3.05) is 19.6 Å². The zero-order chi connectivity index (χ0) is 19.6. The highest BCUT2D eigenvalue weighted by atomic mass is 16.2. The fourth-order valence-electron chi connectivity index (χ4n) is 4.05. The molecule has 1 fully saturated rings. The molecule has 27 heavy (non-hydrogen) atoms. The van der Waals surface area contributed by atoms with Gasteiger partial charge in [-0.15, -0.1) is 0 Å². The Kier molecular flexibility index (Phi) is 5.80. The van der Waals surface area contributed by atoms with Crippen molar-refractivity contribution in [1.82, 2.24) is 15.2 Å². The van der Waals surface area contributed by atoms with Crippen LogP contribution >= 0.6 is 0 Å². The highest BCUT2D eigenvalue weighted by Gasteiger charge is 2.32. The fraction of sp³-hybridized carbons (Fsp3) is 0.455. The van der Waals surface area contributed by atoms with Gasteiger partial charge < -0.3 is 15.2 Å². The number of rotatable bonds is 5. The van der Waals surface area contributed by atoms with E-state index in [0.717, 1.165) is 36.3 Å². The first kappa shape index (κ1) is 19.4. The summed E-state index contributed by atoms with van der Waals surface area (Å²) in [6, 6.07) is 8.51. The molecule has 144 valence electrons. The van der Waals surface area contributed by atoms with Crippen LogP contribution in [0.2, 0.25) is 0 Å². The maximum atomic E-state index is 13.4. The van der Waals surface area contributed by atoms with Gasteiger partial charge in [0.05, 0.1) is 6.04 Å². The smallest absolute Gasteiger partial charge is 0.271 e. The number of ketones is 1. The maximum Gasteiger partial charge on any atom is 0.271 e. The number of aromatic amines is 1. The maximum absolute atomic E-state index is 13.4. The van der Waals surface area contributed by atoms with Crippen LogP contribution in [0.3, 0.4) is 0 Å². The number of hydrogen-bond acceptors (Lipinski definition) is 3. The number of aromatic nitrogens is 1. The van der Waals surface area contributed by atoms with E-state index in [1.165, 1.54) is 5.56 Å². The number of nitrogens with one attached hydrogen (secondary N) is 2. The van der Waals surface area contributed by atoms with Crippen molar-refractivity contribution in [3.8, 4) is 0 Å². The lowest BCUT2D eigenvalue weighted by Gasteiger charge is -2.36. The van der Waals surface area contributed by atoms with Gasteiger partial charge in [0.15, 0.2) is 5.78 Å². The number of carbonyl (C=O) groups excluding carboxylic acids is 2. The van der Waals surface area contributed by atoms with Crippen LogP contribution in [0.1, 0.15) is 70.0 Å². The van der Waals surface area contributed by atoms with Crippen LogP contribution in [0, 0.1) is 6.92 Å². The Hall–Kier alpha value is -2.40. The van der Waals surface area contributed by atoms with Gasteiger partial charge in [-0.1, -0.05) is 38.1 Å². The summed E-state index contributed by atoms with van der Waals surface area (Å²) >= 11 is 0. The second-order valence-electron chi connectivity index (χ2n) is 7.20. The van der Waals surface area contributed by atoms with Crippen molar-refractivity contribution in [3.05, 3.63) is 57.9 Å². The molecule has 2 heterocycles. The summed E-state index contributed by atoms with van der Waals surface area (Å²) in [5.41, 5.74) is 5.28. The topological polar surface area (TPSA) is 65.2 Å². The van der Waals surface area contributed by atoms with E-state index < -0.39 is 0 Å². The SMILES string of the molecule is CCc1ccc(C2CNCCN2C(=O)c2[nH]c(C)c(C(C)=O)c2CC)cc1. The lowest BCUT2D eigenvalue weighted by Crippen LogP contribution is -2.49. The normalized spacial score (nSPS) is 17.2. The average molecular weight is 367 g/mol. The van der Waals surface area contributed by atoms with Crippen LogP contribution in [-0.4, -0.2) is 41.2 Å². The van der Waals surface area contributed by atoms with E-state index in [1.54, 1.807) is 6.92 Å². The summed E-state index contributed by atoms with van der Waals surface area (Å²) in [6.45, 7) is 9.71. The van der Waals surface area contributed by atoms with Gasteiger partial charge in [0.2, 0.25) is 0 Å². The molecule has 0 radical (unpaired) electrons. The molecular weight excluding hydrogens is 338 g/mol. The number of benzene rings is 1. The van der Waals surface area contributed by atoms with Gasteiger partial charge in [-0.05, 0) is 43.4 Å². The van der Waals surface area contributed by atoms with Crippen LogP contribution in [0.15, 0.2) is 24.3 Å². The number of aryl methyl sites for hydroxylation is 2. The summed E-state index contributed by atoms with van der Waals surface area (Å²) in [7, 11) is 0. The van der Waals surface area contributed by atoms with Crippen molar-refractivity contribution in [2.45, 2.75) is 46.6 Å². The van der Waals surface area contributed by atoms with E-state index in [2.05, 4.69) is 41.5 Å². The fourth-order valence-corrected chi connectivity index (χ4v) is 4.05. The lowest BCUT2D eigenvalue weighted by molar-refractivity contribution is 0.0627. The molecule has 1 unspecified atom stereocenters. The first-order valence-corrected chi connectivity index (χ1v) is 9.80. The molecule has 1 aromatic carbocycles. The second kappa shape index (κ2) is 8.09. The third-order valence-electron chi connectivity index (χ3n) is 5.49. The van der Waals surface area contributed by atoms with Crippen molar-refractivity contribution >= 4 is 11.7 Å². The van der Waals surface area contributed by atoms with Crippen LogP contribution in [0.25, 0.3) is 0 Å². The predicted molar refractivity (Wildman–Crippen MR) is 107 cm³/mol. The Bertz CT molecular complexity index is 836. The van der Waals surface area contributed by atoms with Gasteiger partial charge in [0.25, 0.3) is 5.91 Å². The van der Waals surface area contributed by atoms with E-state index in [-0.39, 0.29) is 17.7 Å². The molecule has 0 aliphatic carbocycles. The molecule has 1 aromatic heterocycles. The number of Topliss-reactive ketones (excluding diaryl/α,β-unsaturated/α-hetero) is 1. The van der Waals surface area contributed by atoms with Gasteiger partial charge in [0.1, 0.15) is 5.69 Å². The van der Waals surface area contributed by atoms with Crippen LogP contribution in [0.5, 0.6) is 0 Å². The van der Waals surface area contributed by atoms with Gasteiger partial charge in [-0.2, -0.15) is 0 Å². The van der Waals surface area contributed by atoms with Crippen molar-refractivity contribution in [1.29, 1.82) is 0 Å². The number of amides is 1. The van der Waals surface area contributed by atoms with Crippen LogP contribution in [0.4, 0.5) is 0 Å². The molecule has 1 amide bonds. The largest absolute Gasteiger partial charge is 0.354 e. The minimum atomic E-state index is -0.0199. The summed E-state index contributed by atoms with van der Waals surface area (Å²) in [5, 5.41) is 3.40. The van der Waals surface area contributed by atoms with E-state index in [0.29, 0.717) is 24.2 Å². The zero-order valence-electron chi connectivity index (χ0n) is 16.7. The Balaban J connectivity index is 1.96. The van der Waals surface area contributed by atoms with Gasteiger partial charge in [0, 0.05) is 30.9 Å². The molecular formula is C22H29N3O2. The van der Waals surface area contributed by atoms with Gasteiger partial charge in [-0.25, -0.2) is 0 Å². The Morgan fingerprint density at radius 2 is 1.85 bits per heavy atom. The highest BCUT2D eigenvalue weighted by molar-refractivity contribution is 6.02. The van der Waals surface area contributed by atoms with Crippen molar-refractivity contribution < 1.29 is 9.59 Å². The highest BCUT2D eigenvalue weighted by Crippen LogP contribution is 2.28. The molecule has 0 bridgehead atoms. The van der Waals surface area contributed by atoms with Crippen LogP contribution < -0.4 is 5.32 Å². The molecule has 1 saturated heterocycles. The quantitative estimate of drug-likeness (QED) is 0.796. The summed E-state index contributed by atoms with van der Waals surface area (Å²) in [5.74, 6) is -0.0137. The molecule has 0 spiro atoms. The number of carbonyl (C=O) groups is 2. The first-order valence-electron chi connectivity index (χ1n) is 9.80. The standard InChI is InChI=1S/C22H29N3O2/c1-5-16-7-9-17(10-8-16)19-13-23-11-12-25(19)22(27)21-18(6-2)20(15(4)26)14(3)24-21/h7-10,19,23-24H,5-6,11-13H2,1-4H3. The number of hydrogen-bond donors (Lipinski definition) is 2. The first-order chi connectivity index (χ1) is 13.0. The van der Waals surface area contributed by atoms with E-state index in [1.807, 2.05) is 18.7 Å². The summed E-state index contributed by atoms with van der Waals surface area (Å²) < 4.78 is 0. The Morgan fingerprint density at radius 1 is 1.15 bits per heavy atom.